The maximum atomic E-state index is 11.8. The molecule has 6 heteroatoms. The van der Waals surface area contributed by atoms with Gasteiger partial charge in [-0.25, -0.2) is 0 Å². The number of hydrogen-bond acceptors (Lipinski definition) is 5. The van der Waals surface area contributed by atoms with Crippen LogP contribution in [0.4, 0.5) is 5.69 Å². The predicted molar refractivity (Wildman–Crippen MR) is 75.2 cm³/mol. The van der Waals surface area contributed by atoms with E-state index in [2.05, 4.69) is 0 Å². The van der Waals surface area contributed by atoms with Crippen LogP contribution >= 0.6 is 0 Å². The topological polar surface area (TPSA) is 81.9 Å². The van der Waals surface area contributed by atoms with E-state index in [4.69, 9.17) is 15.2 Å². The van der Waals surface area contributed by atoms with Gasteiger partial charge in [0, 0.05) is 25.3 Å². The molecule has 0 heterocycles. The molecule has 0 spiro atoms. The highest BCUT2D eigenvalue weighted by molar-refractivity contribution is 5.78. The second kappa shape index (κ2) is 8.04. The zero-order chi connectivity index (χ0) is 15.0. The Labute approximate surface area is 118 Å². The molecule has 0 aliphatic rings. The van der Waals surface area contributed by atoms with Gasteiger partial charge in [0.05, 0.1) is 13.0 Å². The van der Waals surface area contributed by atoms with Crippen LogP contribution in [-0.4, -0.2) is 43.6 Å². The van der Waals surface area contributed by atoms with Crippen molar-refractivity contribution in [2.24, 2.45) is 0 Å². The fourth-order valence-electron chi connectivity index (χ4n) is 1.48. The minimum Gasteiger partial charge on any atom is -0.484 e. The summed E-state index contributed by atoms with van der Waals surface area (Å²) in [6.45, 7) is 2.29. The summed E-state index contributed by atoms with van der Waals surface area (Å²) in [6, 6.07) is 6.86. The van der Waals surface area contributed by atoms with Gasteiger partial charge in [-0.2, -0.15) is 0 Å². The zero-order valence-electron chi connectivity index (χ0n) is 11.8. The lowest BCUT2D eigenvalue weighted by molar-refractivity contribution is -0.144. The molecule has 0 saturated heterocycles. The van der Waals surface area contributed by atoms with E-state index in [1.165, 1.54) is 4.90 Å². The van der Waals surface area contributed by atoms with Crippen LogP contribution in [-0.2, 0) is 14.3 Å². The number of carbonyl (C=O) groups is 2. The quantitative estimate of drug-likeness (QED) is 0.596. The van der Waals surface area contributed by atoms with Crippen molar-refractivity contribution in [3.8, 4) is 5.75 Å². The second-order valence-electron chi connectivity index (χ2n) is 4.23. The van der Waals surface area contributed by atoms with Crippen molar-refractivity contribution < 1.29 is 19.1 Å². The number of carbonyl (C=O) groups excluding carboxylic acids is 2. The number of likely N-dealkylation sites (N-methyl/N-ethyl adjacent to an activating group) is 1. The van der Waals surface area contributed by atoms with Gasteiger partial charge in [-0.05, 0) is 19.1 Å². The number of nitrogen functional groups attached to an aromatic ring is 1. The van der Waals surface area contributed by atoms with E-state index < -0.39 is 0 Å². The molecule has 0 fully saturated rings. The van der Waals surface area contributed by atoms with Crippen molar-refractivity contribution in [2.75, 3.05) is 32.5 Å². The number of benzene rings is 1. The van der Waals surface area contributed by atoms with E-state index in [0.717, 1.165) is 0 Å². The van der Waals surface area contributed by atoms with Crippen LogP contribution in [0.2, 0.25) is 0 Å². The molecule has 0 aromatic heterocycles. The van der Waals surface area contributed by atoms with E-state index in [9.17, 15) is 9.59 Å². The van der Waals surface area contributed by atoms with Gasteiger partial charge in [0.25, 0.3) is 5.91 Å². The molecule has 0 unspecified atom stereocenters. The maximum absolute atomic E-state index is 11.8. The van der Waals surface area contributed by atoms with Crippen LogP contribution in [0.25, 0.3) is 0 Å². The maximum Gasteiger partial charge on any atom is 0.307 e. The van der Waals surface area contributed by atoms with Crippen LogP contribution < -0.4 is 10.5 Å². The average molecular weight is 280 g/mol. The molecule has 110 valence electrons. The molecule has 0 atom stereocenters. The normalized spacial score (nSPS) is 9.90. The van der Waals surface area contributed by atoms with E-state index >= 15 is 0 Å². The number of nitrogens with two attached hydrogens (primary N) is 1. The first-order chi connectivity index (χ1) is 9.52. The predicted octanol–water partition coefficient (Wildman–Crippen LogP) is 1.06. The highest BCUT2D eigenvalue weighted by Crippen LogP contribution is 2.14. The van der Waals surface area contributed by atoms with Crippen molar-refractivity contribution in [3.63, 3.8) is 0 Å². The summed E-state index contributed by atoms with van der Waals surface area (Å²) >= 11 is 0. The molecule has 0 aliphatic carbocycles. The first kappa shape index (κ1) is 15.8. The van der Waals surface area contributed by atoms with E-state index in [0.29, 0.717) is 24.6 Å². The van der Waals surface area contributed by atoms with Gasteiger partial charge in [0.1, 0.15) is 5.75 Å². The standard InChI is InChI=1S/C14H20N2O4/c1-3-19-14(18)7-8-16(2)13(17)10-20-12-6-4-5-11(15)9-12/h4-6,9H,3,7-8,10,15H2,1-2H3. The molecular weight excluding hydrogens is 260 g/mol. The number of amides is 1. The summed E-state index contributed by atoms with van der Waals surface area (Å²) in [5.74, 6) is 0.0118. The molecule has 0 saturated carbocycles. The molecule has 1 rings (SSSR count). The number of esters is 1. The van der Waals surface area contributed by atoms with Crippen molar-refractivity contribution in [3.05, 3.63) is 24.3 Å². The van der Waals surface area contributed by atoms with Gasteiger partial charge >= 0.3 is 5.97 Å². The largest absolute Gasteiger partial charge is 0.484 e. The molecule has 0 aliphatic heterocycles. The van der Waals surface area contributed by atoms with Crippen LogP contribution in [0, 0.1) is 0 Å². The lowest BCUT2D eigenvalue weighted by Gasteiger charge is -2.17. The van der Waals surface area contributed by atoms with Gasteiger partial charge in [-0.15, -0.1) is 0 Å². The van der Waals surface area contributed by atoms with E-state index in [1.807, 2.05) is 0 Å². The van der Waals surface area contributed by atoms with Crippen molar-refractivity contribution in [1.29, 1.82) is 0 Å². The molecule has 1 aromatic rings. The summed E-state index contributed by atoms with van der Waals surface area (Å²) in [6.07, 6.45) is 0.175. The second-order valence-corrected chi connectivity index (χ2v) is 4.23. The molecule has 0 radical (unpaired) electrons. The lowest BCUT2D eigenvalue weighted by Crippen LogP contribution is -2.33. The van der Waals surface area contributed by atoms with Crippen LogP contribution in [0.1, 0.15) is 13.3 Å². The van der Waals surface area contributed by atoms with E-state index in [1.54, 1.807) is 38.2 Å². The summed E-state index contributed by atoms with van der Waals surface area (Å²) < 4.78 is 10.1. The van der Waals surface area contributed by atoms with Crippen LogP contribution in [0.5, 0.6) is 5.75 Å². The highest BCUT2D eigenvalue weighted by Gasteiger charge is 2.12. The molecule has 2 N–H and O–H groups in total. The molecule has 0 bridgehead atoms. The molecular formula is C14H20N2O4. The van der Waals surface area contributed by atoms with Gasteiger partial charge in [-0.1, -0.05) is 6.07 Å². The minimum absolute atomic E-state index is 0.0945. The van der Waals surface area contributed by atoms with Gasteiger partial charge in [0.2, 0.25) is 0 Å². The summed E-state index contributed by atoms with van der Waals surface area (Å²) in [5, 5.41) is 0. The lowest BCUT2D eigenvalue weighted by atomic mass is 10.3. The van der Waals surface area contributed by atoms with Crippen LogP contribution in [0.15, 0.2) is 24.3 Å². The van der Waals surface area contributed by atoms with Crippen molar-refractivity contribution in [2.45, 2.75) is 13.3 Å². The zero-order valence-corrected chi connectivity index (χ0v) is 11.8. The molecule has 20 heavy (non-hydrogen) atoms. The first-order valence-electron chi connectivity index (χ1n) is 6.41. The number of hydrogen-bond donors (Lipinski definition) is 1. The molecule has 6 nitrogen and oxygen atoms in total. The third-order valence-electron chi connectivity index (χ3n) is 2.60. The number of anilines is 1. The SMILES string of the molecule is CCOC(=O)CCN(C)C(=O)COc1cccc(N)c1. The fourth-order valence-corrected chi connectivity index (χ4v) is 1.48. The number of ether oxygens (including phenoxy) is 2. The van der Waals surface area contributed by atoms with Gasteiger partial charge < -0.3 is 20.1 Å². The monoisotopic (exact) mass is 280 g/mol. The minimum atomic E-state index is -0.316. The third kappa shape index (κ3) is 5.60. The molecule has 1 aromatic carbocycles. The Bertz CT molecular complexity index is 462. The third-order valence-corrected chi connectivity index (χ3v) is 2.60. The Morgan fingerprint density at radius 1 is 1.35 bits per heavy atom. The Hall–Kier alpha value is -2.24. The summed E-state index contributed by atoms with van der Waals surface area (Å²) in [5.41, 5.74) is 6.18. The first-order valence-corrected chi connectivity index (χ1v) is 6.41. The summed E-state index contributed by atoms with van der Waals surface area (Å²) in [4.78, 5) is 24.4. The van der Waals surface area contributed by atoms with Crippen molar-refractivity contribution in [1.82, 2.24) is 4.90 Å². The number of rotatable bonds is 7. The van der Waals surface area contributed by atoms with Crippen LogP contribution in [0.3, 0.4) is 0 Å². The average Bonchev–Trinajstić information content (AvgIpc) is 2.42. The van der Waals surface area contributed by atoms with Gasteiger partial charge in [0.15, 0.2) is 6.61 Å². The fraction of sp³-hybridized carbons (Fsp3) is 0.429. The highest BCUT2D eigenvalue weighted by atomic mass is 16.5. The number of nitrogens with zero attached hydrogens (tertiary/aromatic N) is 1. The smallest absolute Gasteiger partial charge is 0.307 e. The molecule has 1 amide bonds. The van der Waals surface area contributed by atoms with Crippen molar-refractivity contribution >= 4 is 17.6 Å². The Morgan fingerprint density at radius 3 is 2.75 bits per heavy atom. The Balaban J connectivity index is 2.33. The Kier molecular flexibility index (Phi) is 6.36. The van der Waals surface area contributed by atoms with E-state index in [-0.39, 0.29) is 24.9 Å². The summed E-state index contributed by atoms with van der Waals surface area (Å²) in [7, 11) is 1.62. The van der Waals surface area contributed by atoms with Gasteiger partial charge in [-0.3, -0.25) is 9.59 Å². The Morgan fingerprint density at radius 2 is 2.10 bits per heavy atom.